The normalized spacial score (nSPS) is 17.7. The van der Waals surface area contributed by atoms with Crippen LogP contribution in [0.3, 0.4) is 0 Å². The summed E-state index contributed by atoms with van der Waals surface area (Å²) in [7, 11) is 1.67. The van der Waals surface area contributed by atoms with Gasteiger partial charge in [-0.05, 0) is 41.5 Å². The van der Waals surface area contributed by atoms with Crippen molar-refractivity contribution in [3.05, 3.63) is 53.0 Å². The van der Waals surface area contributed by atoms with Gasteiger partial charge in [-0.15, -0.1) is 23.1 Å². The summed E-state index contributed by atoms with van der Waals surface area (Å²) in [4.78, 5) is 19.7. The van der Waals surface area contributed by atoms with Gasteiger partial charge in [0.15, 0.2) is 5.13 Å². The van der Waals surface area contributed by atoms with Crippen molar-refractivity contribution in [2.45, 2.75) is 12.3 Å². The lowest BCUT2D eigenvalue weighted by atomic mass is 10.1. The van der Waals surface area contributed by atoms with Crippen LogP contribution < -0.4 is 9.64 Å². The predicted octanol–water partition coefficient (Wildman–Crippen LogP) is 4.39. The highest BCUT2D eigenvalue weighted by atomic mass is 32.2. The molecule has 1 aromatic heterocycles. The van der Waals surface area contributed by atoms with Crippen LogP contribution in [0, 0.1) is 6.92 Å². The molecule has 1 amide bonds. The van der Waals surface area contributed by atoms with Crippen LogP contribution in [0.15, 0.2) is 42.6 Å². The summed E-state index contributed by atoms with van der Waals surface area (Å²) < 4.78 is 5.28. The first-order valence-electron chi connectivity index (χ1n) is 7.59. The van der Waals surface area contributed by atoms with Crippen LogP contribution in [0.5, 0.6) is 5.75 Å². The number of fused-ring (bicyclic) bond motifs is 1. The molecule has 0 saturated carbocycles. The van der Waals surface area contributed by atoms with E-state index in [0.717, 1.165) is 32.1 Å². The number of thioether (sulfide) groups is 1. The SMILES string of the molecule is COc1ccc2cc([C@@H]3SCC(=O)N3c3ncc(C)s3)ccc2c1. The minimum absolute atomic E-state index is 0.0189. The Morgan fingerprint density at radius 2 is 2.00 bits per heavy atom. The van der Waals surface area contributed by atoms with E-state index in [0.29, 0.717) is 5.75 Å². The number of ether oxygens (including phenoxy) is 1. The number of aromatic nitrogens is 1. The van der Waals surface area contributed by atoms with E-state index in [-0.39, 0.29) is 11.3 Å². The Morgan fingerprint density at radius 1 is 1.21 bits per heavy atom. The van der Waals surface area contributed by atoms with Crippen molar-refractivity contribution in [2.75, 3.05) is 17.8 Å². The van der Waals surface area contributed by atoms with Gasteiger partial charge in [0, 0.05) is 11.1 Å². The molecule has 0 radical (unpaired) electrons. The number of aryl methyl sites for hydroxylation is 1. The third-order valence-corrected chi connectivity index (χ3v) is 6.16. The zero-order valence-corrected chi connectivity index (χ0v) is 15.0. The van der Waals surface area contributed by atoms with Crippen molar-refractivity contribution in [3.8, 4) is 5.75 Å². The van der Waals surface area contributed by atoms with E-state index in [9.17, 15) is 4.79 Å². The van der Waals surface area contributed by atoms with Gasteiger partial charge in [0.05, 0.1) is 12.9 Å². The molecule has 122 valence electrons. The molecule has 0 spiro atoms. The Kier molecular flexibility index (Phi) is 3.94. The van der Waals surface area contributed by atoms with Crippen LogP contribution in [0.25, 0.3) is 10.8 Å². The summed E-state index contributed by atoms with van der Waals surface area (Å²) in [5.41, 5.74) is 1.12. The fraction of sp³-hybridized carbons (Fsp3) is 0.222. The van der Waals surface area contributed by atoms with Crippen LogP contribution >= 0.6 is 23.1 Å². The van der Waals surface area contributed by atoms with Gasteiger partial charge in [-0.3, -0.25) is 9.69 Å². The Morgan fingerprint density at radius 3 is 2.75 bits per heavy atom. The zero-order valence-electron chi connectivity index (χ0n) is 13.4. The number of amides is 1. The highest BCUT2D eigenvalue weighted by molar-refractivity contribution is 8.00. The standard InChI is InChI=1S/C18H16N2O2S2/c1-11-9-19-18(24-11)20-16(21)10-23-17(20)14-4-3-13-8-15(22-2)6-5-12(13)7-14/h3-9,17H,10H2,1-2H3/t17-/m0/s1. The second-order valence-corrected chi connectivity index (χ2v) is 7.93. The van der Waals surface area contributed by atoms with E-state index < -0.39 is 0 Å². The Labute approximate surface area is 148 Å². The van der Waals surface area contributed by atoms with Crippen molar-refractivity contribution < 1.29 is 9.53 Å². The van der Waals surface area contributed by atoms with Crippen LogP contribution in [-0.2, 0) is 4.79 Å². The van der Waals surface area contributed by atoms with Crippen molar-refractivity contribution >= 4 is 44.9 Å². The summed E-state index contributed by atoms with van der Waals surface area (Å²) in [5.74, 6) is 1.46. The highest BCUT2D eigenvalue weighted by Gasteiger charge is 2.35. The van der Waals surface area contributed by atoms with Gasteiger partial charge >= 0.3 is 0 Å². The van der Waals surface area contributed by atoms with Gasteiger partial charge in [-0.1, -0.05) is 18.2 Å². The van der Waals surface area contributed by atoms with E-state index in [2.05, 4.69) is 29.2 Å². The maximum atomic E-state index is 12.4. The number of anilines is 1. The van der Waals surface area contributed by atoms with Crippen LogP contribution in [-0.4, -0.2) is 23.8 Å². The predicted molar refractivity (Wildman–Crippen MR) is 100 cm³/mol. The lowest BCUT2D eigenvalue weighted by Crippen LogP contribution is -2.27. The average molecular weight is 356 g/mol. The van der Waals surface area contributed by atoms with Gasteiger partial charge in [0.25, 0.3) is 0 Å². The van der Waals surface area contributed by atoms with Crippen LogP contribution in [0.2, 0.25) is 0 Å². The number of hydrogen-bond acceptors (Lipinski definition) is 5. The smallest absolute Gasteiger partial charge is 0.240 e. The van der Waals surface area contributed by atoms with Crippen molar-refractivity contribution in [2.24, 2.45) is 0 Å². The summed E-state index contributed by atoms with van der Waals surface area (Å²) in [5, 5.41) is 3.03. The summed E-state index contributed by atoms with van der Waals surface area (Å²) >= 11 is 3.21. The van der Waals surface area contributed by atoms with E-state index >= 15 is 0 Å². The van der Waals surface area contributed by atoms with Crippen molar-refractivity contribution in [1.29, 1.82) is 0 Å². The molecule has 24 heavy (non-hydrogen) atoms. The molecule has 2 aromatic carbocycles. The molecule has 3 aromatic rings. The van der Waals surface area contributed by atoms with Gasteiger partial charge in [0.1, 0.15) is 11.1 Å². The molecular formula is C18H16N2O2S2. The average Bonchev–Trinajstić information content (AvgIpc) is 3.19. The molecular weight excluding hydrogens is 340 g/mol. The Balaban J connectivity index is 1.74. The number of carbonyl (C=O) groups excluding carboxylic acids is 1. The van der Waals surface area contributed by atoms with E-state index in [1.807, 2.05) is 30.2 Å². The van der Waals surface area contributed by atoms with Crippen molar-refractivity contribution in [1.82, 2.24) is 4.98 Å². The third-order valence-electron chi connectivity index (χ3n) is 4.04. The molecule has 0 bridgehead atoms. The summed E-state index contributed by atoms with van der Waals surface area (Å²) in [6, 6.07) is 12.4. The molecule has 0 N–H and O–H groups in total. The minimum atomic E-state index is -0.0189. The lowest BCUT2D eigenvalue weighted by molar-refractivity contribution is -0.115. The fourth-order valence-corrected chi connectivity index (χ4v) is 4.87. The molecule has 4 rings (SSSR count). The first-order chi connectivity index (χ1) is 11.7. The molecule has 1 aliphatic heterocycles. The monoisotopic (exact) mass is 356 g/mol. The number of carbonyl (C=O) groups is 1. The quantitative estimate of drug-likeness (QED) is 0.698. The van der Waals surface area contributed by atoms with E-state index in [4.69, 9.17) is 4.74 Å². The van der Waals surface area contributed by atoms with Crippen molar-refractivity contribution in [3.63, 3.8) is 0 Å². The molecule has 6 heteroatoms. The summed E-state index contributed by atoms with van der Waals surface area (Å²) in [6.07, 6.45) is 1.82. The molecule has 0 aliphatic carbocycles. The van der Waals surface area contributed by atoms with Gasteiger partial charge in [-0.25, -0.2) is 4.98 Å². The number of methoxy groups -OCH3 is 1. The highest BCUT2D eigenvalue weighted by Crippen LogP contribution is 2.43. The number of thiazole rings is 1. The maximum absolute atomic E-state index is 12.4. The molecule has 1 aliphatic rings. The number of nitrogens with zero attached hydrogens (tertiary/aromatic N) is 2. The first-order valence-corrected chi connectivity index (χ1v) is 9.46. The second kappa shape index (κ2) is 6.11. The minimum Gasteiger partial charge on any atom is -0.497 e. The molecule has 1 fully saturated rings. The van der Waals surface area contributed by atoms with Gasteiger partial charge in [0.2, 0.25) is 5.91 Å². The number of hydrogen-bond donors (Lipinski definition) is 0. The largest absolute Gasteiger partial charge is 0.497 e. The topological polar surface area (TPSA) is 42.4 Å². The zero-order chi connectivity index (χ0) is 16.7. The Bertz CT molecular complexity index is 922. The lowest BCUT2D eigenvalue weighted by Gasteiger charge is -2.21. The number of rotatable bonds is 3. The fourth-order valence-electron chi connectivity index (χ4n) is 2.85. The Hall–Kier alpha value is -2.05. The first kappa shape index (κ1) is 15.5. The van der Waals surface area contributed by atoms with E-state index in [1.165, 1.54) is 0 Å². The molecule has 4 nitrogen and oxygen atoms in total. The second-order valence-electron chi connectivity index (χ2n) is 5.65. The molecule has 0 unspecified atom stereocenters. The number of benzene rings is 2. The molecule has 1 saturated heterocycles. The maximum Gasteiger partial charge on any atom is 0.240 e. The van der Waals surface area contributed by atoms with Gasteiger partial charge in [-0.2, -0.15) is 0 Å². The van der Waals surface area contributed by atoms with Crippen LogP contribution in [0.4, 0.5) is 5.13 Å². The summed E-state index contributed by atoms with van der Waals surface area (Å²) in [6.45, 7) is 2.01. The molecule has 2 heterocycles. The van der Waals surface area contributed by atoms with E-state index in [1.54, 1.807) is 30.2 Å². The third kappa shape index (κ3) is 2.65. The van der Waals surface area contributed by atoms with Crippen LogP contribution in [0.1, 0.15) is 15.8 Å². The molecule has 1 atom stereocenters. The van der Waals surface area contributed by atoms with Gasteiger partial charge < -0.3 is 4.74 Å².